The number of rotatable bonds is 40. The van der Waals surface area contributed by atoms with Crippen LogP contribution in [0.2, 0.25) is 0 Å². The summed E-state index contributed by atoms with van der Waals surface area (Å²) in [6, 6.07) is 0. The van der Waals surface area contributed by atoms with Gasteiger partial charge in [-0.2, -0.15) is 0 Å². The van der Waals surface area contributed by atoms with Gasteiger partial charge in [-0.1, -0.05) is 165 Å². The van der Waals surface area contributed by atoms with Crippen LogP contribution in [0.1, 0.15) is 181 Å². The normalized spacial score (nSPS) is 26.1. The quantitative estimate of drug-likeness (QED) is 0.0179. The van der Waals surface area contributed by atoms with Crippen molar-refractivity contribution in [1.29, 1.82) is 0 Å². The number of esters is 2. The summed E-state index contributed by atoms with van der Waals surface area (Å²) >= 11 is 0. The third-order valence-corrected chi connectivity index (χ3v) is 12.3. The first-order valence-electron chi connectivity index (χ1n) is 26.2. The van der Waals surface area contributed by atoms with Crippen molar-refractivity contribution < 1.29 is 73.8 Å². The maximum atomic E-state index is 13.0. The summed E-state index contributed by atoms with van der Waals surface area (Å²) in [4.78, 5) is 25.8. The van der Waals surface area contributed by atoms with E-state index in [0.717, 1.165) is 64.2 Å². The lowest BCUT2D eigenvalue weighted by Gasteiger charge is -2.42. The van der Waals surface area contributed by atoms with Crippen LogP contribution in [0.15, 0.2) is 48.6 Å². The lowest BCUT2D eigenvalue weighted by Crippen LogP contribution is -2.61. The van der Waals surface area contributed by atoms with Crippen LogP contribution >= 0.6 is 0 Å². The van der Waals surface area contributed by atoms with Crippen molar-refractivity contribution in [2.24, 2.45) is 0 Å². The minimum atomic E-state index is -1.77. The van der Waals surface area contributed by atoms with Gasteiger partial charge in [0.25, 0.3) is 0 Å². The highest BCUT2D eigenvalue weighted by molar-refractivity contribution is 5.70. The first-order valence-corrected chi connectivity index (χ1v) is 26.2. The molecule has 0 aromatic rings. The number of aliphatic hydroxyl groups excluding tert-OH is 7. The number of hydrogen-bond donors (Lipinski definition) is 7. The van der Waals surface area contributed by atoms with E-state index in [9.17, 15) is 45.3 Å². The largest absolute Gasteiger partial charge is 0.462 e. The van der Waals surface area contributed by atoms with Crippen LogP contribution in [0.25, 0.3) is 0 Å². The number of ether oxygens (including phenoxy) is 6. The molecule has 68 heavy (non-hydrogen) atoms. The van der Waals surface area contributed by atoms with Crippen LogP contribution < -0.4 is 0 Å². The fraction of sp³-hybridized carbons (Fsp3) is 0.811. The van der Waals surface area contributed by atoms with E-state index in [0.29, 0.717) is 12.8 Å². The van der Waals surface area contributed by atoms with Crippen molar-refractivity contribution in [3.8, 4) is 0 Å². The van der Waals surface area contributed by atoms with Crippen LogP contribution in [0.5, 0.6) is 0 Å². The van der Waals surface area contributed by atoms with Gasteiger partial charge in [0.1, 0.15) is 55.4 Å². The summed E-state index contributed by atoms with van der Waals surface area (Å²) in [6.07, 6.45) is 27.0. The van der Waals surface area contributed by atoms with Gasteiger partial charge in [-0.3, -0.25) is 9.59 Å². The number of carbonyl (C=O) groups is 2. The Balaban J connectivity index is 1.82. The minimum Gasteiger partial charge on any atom is -0.462 e. The van der Waals surface area contributed by atoms with E-state index in [1.54, 1.807) is 0 Å². The first-order chi connectivity index (χ1) is 33.0. The predicted molar refractivity (Wildman–Crippen MR) is 261 cm³/mol. The molecule has 0 saturated carbocycles. The maximum absolute atomic E-state index is 13.0. The lowest BCUT2D eigenvalue weighted by atomic mass is 9.98. The van der Waals surface area contributed by atoms with Gasteiger partial charge < -0.3 is 64.2 Å². The minimum absolute atomic E-state index is 0.128. The highest BCUT2D eigenvalue weighted by Gasteiger charge is 2.47. The standard InChI is InChI=1S/C53H92O15/c1-3-5-7-9-11-13-15-17-19-20-22-24-26-28-30-32-34-36-45(56)66-41(38-63-44(55)35-33-31-29-27-25-23-21-18-16-14-12-10-8-6-4-2)39-64-52-51(62)49(60)47(58)43(68-52)40-65-53-50(61)48(59)46(57)42(37-54)67-53/h7,9,13,15,19-20,24,26,41-43,46-54,57-62H,3-6,8,10-12,14,16-18,21-23,25,27-40H2,1-2H3/b9-7+,15-13+,20-19+,26-24+/t41-,42+,43+,46-,47-,48?,49?,50?,51?,52+,53+/m1/s1. The van der Waals surface area contributed by atoms with Crippen molar-refractivity contribution in [2.75, 3.05) is 26.4 Å². The van der Waals surface area contributed by atoms with E-state index in [2.05, 4.69) is 62.5 Å². The zero-order valence-electron chi connectivity index (χ0n) is 41.6. The van der Waals surface area contributed by atoms with E-state index in [1.807, 2.05) is 0 Å². The molecule has 4 unspecified atom stereocenters. The molecule has 0 spiro atoms. The zero-order chi connectivity index (χ0) is 49.6. The molecule has 2 aliphatic heterocycles. The molecule has 394 valence electrons. The van der Waals surface area contributed by atoms with E-state index in [4.69, 9.17) is 28.4 Å². The Bertz CT molecular complexity index is 1370. The monoisotopic (exact) mass is 969 g/mol. The fourth-order valence-electron chi connectivity index (χ4n) is 7.97. The molecular formula is C53H92O15. The Hall–Kier alpha value is -2.54. The van der Waals surface area contributed by atoms with Gasteiger partial charge in [-0.05, 0) is 51.4 Å². The molecule has 2 heterocycles. The summed E-state index contributed by atoms with van der Waals surface area (Å²) in [7, 11) is 0. The number of hydrogen-bond acceptors (Lipinski definition) is 15. The average Bonchev–Trinajstić information content (AvgIpc) is 3.33. The Kier molecular flexibility index (Phi) is 36.3. The second kappa shape index (κ2) is 40.1. The molecule has 0 amide bonds. The van der Waals surface area contributed by atoms with Crippen molar-refractivity contribution in [1.82, 2.24) is 0 Å². The fourth-order valence-corrected chi connectivity index (χ4v) is 7.97. The number of allylic oxidation sites excluding steroid dienone is 8. The average molecular weight is 969 g/mol. The molecule has 0 aromatic carbocycles. The molecule has 2 fully saturated rings. The van der Waals surface area contributed by atoms with Gasteiger partial charge in [-0.15, -0.1) is 0 Å². The molecule has 7 N–H and O–H groups in total. The molecule has 2 aliphatic rings. The van der Waals surface area contributed by atoms with Gasteiger partial charge in [0.2, 0.25) is 0 Å². The SMILES string of the molecule is CCC/C=C/C/C=C/C/C=C/C/C=C/CCCCCC(=O)O[C@H](COC(=O)CCCCCCCCCCCCCCCCC)CO[C@H]1O[C@@H](CO[C@H]2O[C@@H](CO)[C@@H](O)C(O)C2O)[C@@H](O)C(O)C1O. The molecule has 15 heteroatoms. The first kappa shape index (κ1) is 61.6. The Morgan fingerprint density at radius 1 is 0.471 bits per heavy atom. The summed E-state index contributed by atoms with van der Waals surface area (Å²) in [5.74, 6) is -0.958. The van der Waals surface area contributed by atoms with Gasteiger partial charge in [-0.25, -0.2) is 0 Å². The molecule has 0 aliphatic carbocycles. The van der Waals surface area contributed by atoms with Crippen molar-refractivity contribution in [3.05, 3.63) is 48.6 Å². The molecule has 2 saturated heterocycles. The summed E-state index contributed by atoms with van der Waals surface area (Å²) in [5, 5.41) is 72.1. The predicted octanol–water partition coefficient (Wildman–Crippen LogP) is 7.49. The molecular weight excluding hydrogens is 877 g/mol. The highest BCUT2D eigenvalue weighted by Crippen LogP contribution is 2.26. The van der Waals surface area contributed by atoms with E-state index >= 15 is 0 Å². The van der Waals surface area contributed by atoms with Gasteiger partial charge in [0.05, 0.1) is 19.8 Å². The van der Waals surface area contributed by atoms with Crippen LogP contribution in [0.3, 0.4) is 0 Å². The molecule has 15 nitrogen and oxygen atoms in total. The van der Waals surface area contributed by atoms with Crippen LogP contribution in [0, 0.1) is 0 Å². The van der Waals surface area contributed by atoms with Gasteiger partial charge in [0.15, 0.2) is 18.7 Å². The molecule has 0 radical (unpaired) electrons. The smallest absolute Gasteiger partial charge is 0.306 e. The third-order valence-electron chi connectivity index (χ3n) is 12.3. The van der Waals surface area contributed by atoms with Crippen molar-refractivity contribution >= 4 is 11.9 Å². The number of carbonyl (C=O) groups excluding carboxylic acids is 2. The second-order valence-electron chi connectivity index (χ2n) is 18.4. The van der Waals surface area contributed by atoms with Crippen molar-refractivity contribution in [2.45, 2.75) is 248 Å². The van der Waals surface area contributed by atoms with Gasteiger partial charge in [0, 0.05) is 12.8 Å². The molecule has 2 rings (SSSR count). The lowest BCUT2D eigenvalue weighted by molar-refractivity contribution is -0.332. The van der Waals surface area contributed by atoms with Crippen LogP contribution in [0.4, 0.5) is 0 Å². The Morgan fingerprint density at radius 2 is 0.912 bits per heavy atom. The molecule has 0 bridgehead atoms. The second-order valence-corrected chi connectivity index (χ2v) is 18.4. The van der Waals surface area contributed by atoms with E-state index in [-0.39, 0.29) is 19.4 Å². The molecule has 0 aromatic heterocycles. The maximum Gasteiger partial charge on any atom is 0.306 e. The Morgan fingerprint density at radius 3 is 1.44 bits per heavy atom. The summed E-state index contributed by atoms with van der Waals surface area (Å²) in [6.45, 7) is 2.49. The highest BCUT2D eigenvalue weighted by atomic mass is 16.7. The van der Waals surface area contributed by atoms with Crippen LogP contribution in [-0.4, -0.2) is 142 Å². The summed E-state index contributed by atoms with van der Waals surface area (Å²) in [5.41, 5.74) is 0. The summed E-state index contributed by atoms with van der Waals surface area (Å²) < 4.78 is 33.6. The van der Waals surface area contributed by atoms with Crippen LogP contribution in [-0.2, 0) is 38.0 Å². The van der Waals surface area contributed by atoms with E-state index in [1.165, 1.54) is 77.0 Å². The zero-order valence-corrected chi connectivity index (χ0v) is 41.6. The molecule has 11 atom stereocenters. The number of unbranched alkanes of at least 4 members (excludes halogenated alkanes) is 18. The van der Waals surface area contributed by atoms with E-state index < -0.39 is 99.3 Å². The van der Waals surface area contributed by atoms with Gasteiger partial charge >= 0.3 is 11.9 Å². The Labute approximate surface area is 408 Å². The number of aliphatic hydroxyl groups is 7. The van der Waals surface area contributed by atoms with Crippen molar-refractivity contribution in [3.63, 3.8) is 0 Å². The topological polar surface area (TPSA) is 231 Å². The third kappa shape index (κ3) is 27.7.